The molecule has 2 nitrogen and oxygen atoms in total. The van der Waals surface area contributed by atoms with Crippen molar-refractivity contribution in [2.45, 2.75) is 13.0 Å². The second-order valence-electron chi connectivity index (χ2n) is 3.75. The van der Waals surface area contributed by atoms with Gasteiger partial charge in [0.05, 0.1) is 22.5 Å². The minimum Gasteiger partial charge on any atom is -0.387 e. The van der Waals surface area contributed by atoms with Gasteiger partial charge in [-0.2, -0.15) is 0 Å². The third-order valence-electron chi connectivity index (χ3n) is 2.41. The Balaban J connectivity index is 2.45. The van der Waals surface area contributed by atoms with Gasteiger partial charge in [-0.25, -0.2) is 4.39 Å². The van der Waals surface area contributed by atoms with Crippen LogP contribution >= 0.6 is 11.6 Å². The van der Waals surface area contributed by atoms with Crippen LogP contribution in [0.4, 0.5) is 4.39 Å². The van der Waals surface area contributed by atoms with Gasteiger partial charge in [-0.1, -0.05) is 17.7 Å². The first-order chi connectivity index (χ1) is 8.08. The lowest BCUT2D eigenvalue weighted by Gasteiger charge is -2.07. The first kappa shape index (κ1) is 12.0. The number of aliphatic hydroxyl groups is 1. The highest BCUT2D eigenvalue weighted by molar-refractivity contribution is 6.31. The van der Waals surface area contributed by atoms with Gasteiger partial charge < -0.3 is 5.11 Å². The van der Waals surface area contributed by atoms with Crippen LogP contribution in [0.2, 0.25) is 5.02 Å². The molecule has 1 N–H and O–H groups in total. The van der Waals surface area contributed by atoms with Crippen molar-refractivity contribution in [2.75, 3.05) is 0 Å². The highest BCUT2D eigenvalue weighted by Gasteiger charge is 2.07. The van der Waals surface area contributed by atoms with Crippen molar-refractivity contribution in [3.63, 3.8) is 0 Å². The second kappa shape index (κ2) is 4.82. The Morgan fingerprint density at radius 3 is 2.71 bits per heavy atom. The SMILES string of the molecule is C[C@H](O)c1cccc(-c2ccc(F)c(Cl)c2)n1. The van der Waals surface area contributed by atoms with Crippen molar-refractivity contribution in [3.8, 4) is 11.3 Å². The van der Waals surface area contributed by atoms with E-state index in [1.165, 1.54) is 12.1 Å². The van der Waals surface area contributed by atoms with Crippen LogP contribution in [0.3, 0.4) is 0 Å². The van der Waals surface area contributed by atoms with Crippen molar-refractivity contribution in [1.82, 2.24) is 4.98 Å². The van der Waals surface area contributed by atoms with E-state index >= 15 is 0 Å². The van der Waals surface area contributed by atoms with E-state index in [1.54, 1.807) is 31.2 Å². The Bertz CT molecular complexity index is 543. The lowest BCUT2D eigenvalue weighted by Crippen LogP contribution is -1.96. The molecule has 0 aliphatic heterocycles. The van der Waals surface area contributed by atoms with Crippen molar-refractivity contribution in [3.05, 3.63) is 52.9 Å². The van der Waals surface area contributed by atoms with Gasteiger partial charge in [-0.15, -0.1) is 0 Å². The molecule has 0 spiro atoms. The Hall–Kier alpha value is -1.45. The summed E-state index contributed by atoms with van der Waals surface area (Å²) in [7, 11) is 0. The average Bonchev–Trinajstić information content (AvgIpc) is 2.33. The van der Waals surface area contributed by atoms with Gasteiger partial charge in [0.15, 0.2) is 0 Å². The maximum Gasteiger partial charge on any atom is 0.141 e. The van der Waals surface area contributed by atoms with Gasteiger partial charge in [0, 0.05) is 5.56 Å². The number of rotatable bonds is 2. The van der Waals surface area contributed by atoms with Crippen LogP contribution in [-0.2, 0) is 0 Å². The first-order valence-corrected chi connectivity index (χ1v) is 5.56. The highest BCUT2D eigenvalue weighted by Crippen LogP contribution is 2.24. The van der Waals surface area contributed by atoms with E-state index in [9.17, 15) is 9.50 Å². The molecule has 0 aliphatic rings. The molecule has 17 heavy (non-hydrogen) atoms. The number of hydrogen-bond donors (Lipinski definition) is 1. The molecule has 0 aliphatic carbocycles. The fourth-order valence-electron chi connectivity index (χ4n) is 1.50. The summed E-state index contributed by atoms with van der Waals surface area (Å²) in [5.41, 5.74) is 1.95. The minimum atomic E-state index is -0.633. The molecule has 0 amide bonds. The molecule has 2 rings (SSSR count). The monoisotopic (exact) mass is 251 g/mol. The third kappa shape index (κ3) is 2.62. The molecule has 0 saturated carbocycles. The highest BCUT2D eigenvalue weighted by atomic mass is 35.5. The fraction of sp³-hybridized carbons (Fsp3) is 0.154. The fourth-order valence-corrected chi connectivity index (χ4v) is 1.68. The predicted molar refractivity (Wildman–Crippen MR) is 65.3 cm³/mol. The molecule has 2 aromatic rings. The van der Waals surface area contributed by atoms with Crippen LogP contribution in [0, 0.1) is 5.82 Å². The molecule has 1 aromatic carbocycles. The van der Waals surface area contributed by atoms with Gasteiger partial charge in [0.25, 0.3) is 0 Å². The van der Waals surface area contributed by atoms with Crippen LogP contribution in [0.25, 0.3) is 11.3 Å². The molecule has 0 saturated heterocycles. The Labute approximate surface area is 104 Å². The Morgan fingerprint density at radius 2 is 2.06 bits per heavy atom. The molecule has 0 bridgehead atoms. The molecular formula is C13H11ClFNO. The van der Waals surface area contributed by atoms with E-state index in [1.807, 2.05) is 0 Å². The number of halogens is 2. The number of pyridine rings is 1. The van der Waals surface area contributed by atoms with E-state index in [2.05, 4.69) is 4.98 Å². The predicted octanol–water partition coefficient (Wildman–Crippen LogP) is 3.59. The Morgan fingerprint density at radius 1 is 1.29 bits per heavy atom. The van der Waals surface area contributed by atoms with Gasteiger partial charge in [0.1, 0.15) is 5.82 Å². The van der Waals surface area contributed by atoms with Gasteiger partial charge >= 0.3 is 0 Å². The molecular weight excluding hydrogens is 241 g/mol. The summed E-state index contributed by atoms with van der Waals surface area (Å²) in [6, 6.07) is 9.74. The summed E-state index contributed by atoms with van der Waals surface area (Å²) in [4.78, 5) is 4.28. The third-order valence-corrected chi connectivity index (χ3v) is 2.70. The van der Waals surface area contributed by atoms with Crippen LogP contribution < -0.4 is 0 Å². The van der Waals surface area contributed by atoms with Crippen molar-refractivity contribution >= 4 is 11.6 Å². The van der Waals surface area contributed by atoms with Gasteiger partial charge in [-0.05, 0) is 37.3 Å². The van der Waals surface area contributed by atoms with Crippen molar-refractivity contribution in [1.29, 1.82) is 0 Å². The molecule has 1 aromatic heterocycles. The Kier molecular flexibility index (Phi) is 3.41. The number of hydrogen-bond acceptors (Lipinski definition) is 2. The zero-order valence-corrected chi connectivity index (χ0v) is 9.95. The number of aromatic nitrogens is 1. The summed E-state index contributed by atoms with van der Waals surface area (Å²) >= 11 is 5.71. The van der Waals surface area contributed by atoms with Gasteiger partial charge in [0.2, 0.25) is 0 Å². The maximum absolute atomic E-state index is 13.0. The van der Waals surface area contributed by atoms with E-state index < -0.39 is 11.9 Å². The summed E-state index contributed by atoms with van der Waals surface area (Å²) in [6.07, 6.45) is -0.633. The van der Waals surface area contributed by atoms with Crippen LogP contribution in [0.15, 0.2) is 36.4 Å². The standard InChI is InChI=1S/C13H11ClFNO/c1-8(17)12-3-2-4-13(16-12)9-5-6-11(15)10(14)7-9/h2-8,17H,1H3/t8-/m0/s1. The summed E-state index contributed by atoms with van der Waals surface area (Å²) in [6.45, 7) is 1.64. The quantitative estimate of drug-likeness (QED) is 0.885. The molecule has 88 valence electrons. The lowest BCUT2D eigenvalue weighted by atomic mass is 10.1. The zero-order chi connectivity index (χ0) is 12.4. The minimum absolute atomic E-state index is 0.0618. The van der Waals surface area contributed by atoms with Gasteiger partial charge in [-0.3, -0.25) is 4.98 Å². The first-order valence-electron chi connectivity index (χ1n) is 5.18. The van der Waals surface area contributed by atoms with Crippen molar-refractivity contribution < 1.29 is 9.50 Å². The maximum atomic E-state index is 13.0. The second-order valence-corrected chi connectivity index (χ2v) is 4.16. The normalized spacial score (nSPS) is 12.5. The topological polar surface area (TPSA) is 33.1 Å². The van der Waals surface area contributed by atoms with E-state index in [-0.39, 0.29) is 5.02 Å². The summed E-state index contributed by atoms with van der Waals surface area (Å²) in [5.74, 6) is -0.456. The molecule has 0 unspecified atom stereocenters. The summed E-state index contributed by atoms with van der Waals surface area (Å²) < 4.78 is 13.0. The summed E-state index contributed by atoms with van der Waals surface area (Å²) in [5, 5.41) is 9.51. The lowest BCUT2D eigenvalue weighted by molar-refractivity contribution is 0.194. The number of aliphatic hydroxyl groups excluding tert-OH is 1. The smallest absolute Gasteiger partial charge is 0.141 e. The molecule has 1 heterocycles. The number of nitrogens with zero attached hydrogens (tertiary/aromatic N) is 1. The van der Waals surface area contributed by atoms with Crippen LogP contribution in [-0.4, -0.2) is 10.1 Å². The molecule has 1 atom stereocenters. The number of benzene rings is 1. The van der Waals surface area contributed by atoms with E-state index in [0.29, 0.717) is 11.4 Å². The molecule has 0 fully saturated rings. The van der Waals surface area contributed by atoms with Crippen molar-refractivity contribution in [2.24, 2.45) is 0 Å². The average molecular weight is 252 g/mol. The van der Waals surface area contributed by atoms with E-state index in [4.69, 9.17) is 11.6 Å². The van der Waals surface area contributed by atoms with Crippen LogP contribution in [0.1, 0.15) is 18.7 Å². The van der Waals surface area contributed by atoms with E-state index in [0.717, 1.165) is 5.56 Å². The zero-order valence-electron chi connectivity index (χ0n) is 9.19. The largest absolute Gasteiger partial charge is 0.387 e. The molecule has 0 radical (unpaired) electrons. The molecule has 4 heteroatoms. The van der Waals surface area contributed by atoms with Crippen LogP contribution in [0.5, 0.6) is 0 Å².